The summed E-state index contributed by atoms with van der Waals surface area (Å²) in [5.41, 5.74) is 0.0914. The van der Waals surface area contributed by atoms with Crippen molar-refractivity contribution in [1.29, 1.82) is 0 Å². The van der Waals surface area contributed by atoms with Crippen molar-refractivity contribution in [2.24, 2.45) is 5.41 Å². The van der Waals surface area contributed by atoms with Crippen LogP contribution in [0.4, 0.5) is 5.69 Å². The summed E-state index contributed by atoms with van der Waals surface area (Å²) in [6.07, 6.45) is 0. The molecule has 158 valence electrons. The third-order valence-corrected chi connectivity index (χ3v) is 5.89. The van der Waals surface area contributed by atoms with Gasteiger partial charge in [-0.1, -0.05) is 0 Å². The summed E-state index contributed by atoms with van der Waals surface area (Å²) in [5.74, 6) is 0.0358. The SMILES string of the molecule is Cc1cc2c(c([N+](=O)[O-])c1)OCC(CN1CCOCC1)(CN1CCOCC1)C2=O. The molecule has 29 heavy (non-hydrogen) atoms. The molecule has 3 heterocycles. The van der Waals surface area contributed by atoms with Gasteiger partial charge in [0.1, 0.15) is 6.61 Å². The number of hydrogen-bond donors (Lipinski definition) is 0. The Hall–Kier alpha value is -2.07. The molecule has 4 rings (SSSR count). The second kappa shape index (κ2) is 8.35. The summed E-state index contributed by atoms with van der Waals surface area (Å²) in [4.78, 5) is 29.3. The maximum atomic E-state index is 13.8. The Morgan fingerprint density at radius 1 is 1.03 bits per heavy atom. The number of nitro benzene ring substituents is 1. The van der Waals surface area contributed by atoms with E-state index < -0.39 is 10.3 Å². The van der Waals surface area contributed by atoms with Crippen molar-refractivity contribution in [2.75, 3.05) is 72.3 Å². The topological polar surface area (TPSA) is 94.4 Å². The monoisotopic (exact) mass is 405 g/mol. The summed E-state index contributed by atoms with van der Waals surface area (Å²) in [6, 6.07) is 3.18. The Balaban J connectivity index is 1.69. The van der Waals surface area contributed by atoms with Crippen LogP contribution in [0, 0.1) is 22.5 Å². The molecule has 2 saturated heterocycles. The normalized spacial score (nSPS) is 22.7. The van der Waals surface area contributed by atoms with Crippen molar-refractivity contribution in [2.45, 2.75) is 6.92 Å². The smallest absolute Gasteiger partial charge is 0.311 e. The number of rotatable bonds is 5. The first-order chi connectivity index (χ1) is 14.0. The lowest BCUT2D eigenvalue weighted by molar-refractivity contribution is -0.386. The minimum absolute atomic E-state index is 0.0662. The zero-order valence-electron chi connectivity index (χ0n) is 16.7. The maximum Gasteiger partial charge on any atom is 0.311 e. The average molecular weight is 405 g/mol. The lowest BCUT2D eigenvalue weighted by atomic mass is 9.77. The molecule has 3 aliphatic heterocycles. The first kappa shape index (κ1) is 20.2. The molecule has 0 amide bonds. The predicted molar refractivity (Wildman–Crippen MR) is 105 cm³/mol. The molecule has 2 fully saturated rings. The van der Waals surface area contributed by atoms with Gasteiger partial charge in [-0.15, -0.1) is 0 Å². The van der Waals surface area contributed by atoms with E-state index in [0.29, 0.717) is 50.6 Å². The minimum Gasteiger partial charge on any atom is -0.485 e. The van der Waals surface area contributed by atoms with E-state index >= 15 is 0 Å². The molecule has 0 radical (unpaired) electrons. The zero-order chi connectivity index (χ0) is 20.4. The van der Waals surface area contributed by atoms with Gasteiger partial charge in [0.2, 0.25) is 5.75 Å². The number of ketones is 1. The van der Waals surface area contributed by atoms with Gasteiger partial charge >= 0.3 is 5.69 Å². The van der Waals surface area contributed by atoms with Crippen molar-refractivity contribution in [3.63, 3.8) is 0 Å². The highest BCUT2D eigenvalue weighted by Crippen LogP contribution is 2.42. The molecular formula is C20H27N3O6. The van der Waals surface area contributed by atoms with Crippen molar-refractivity contribution in [1.82, 2.24) is 9.80 Å². The Labute approximate surface area is 169 Å². The molecule has 0 saturated carbocycles. The predicted octanol–water partition coefficient (Wildman–Crippen LogP) is 1.13. The standard InChI is InChI=1S/C20H27N3O6/c1-15-10-16-18(17(11-15)23(25)26)29-14-20(19(16)24,12-21-2-6-27-7-3-21)13-22-4-8-28-9-5-22/h10-11H,2-9,12-14H2,1H3. The van der Waals surface area contributed by atoms with Crippen LogP contribution in [-0.4, -0.2) is 92.8 Å². The summed E-state index contributed by atoms with van der Waals surface area (Å²) in [5, 5.41) is 11.5. The molecule has 0 aliphatic carbocycles. The molecule has 1 aromatic rings. The Morgan fingerprint density at radius 3 is 2.10 bits per heavy atom. The third kappa shape index (κ3) is 4.13. The quantitative estimate of drug-likeness (QED) is 0.532. The highest BCUT2D eigenvalue weighted by Gasteiger charge is 2.48. The zero-order valence-corrected chi connectivity index (χ0v) is 16.7. The minimum atomic E-state index is -0.774. The molecule has 0 unspecified atom stereocenters. The Kier molecular flexibility index (Phi) is 5.82. The molecule has 1 aromatic carbocycles. The van der Waals surface area contributed by atoms with E-state index in [1.807, 2.05) is 0 Å². The lowest BCUT2D eigenvalue weighted by Gasteiger charge is -2.44. The van der Waals surface area contributed by atoms with Crippen molar-refractivity contribution in [3.05, 3.63) is 33.4 Å². The fraction of sp³-hybridized carbons (Fsp3) is 0.650. The number of carbonyl (C=O) groups is 1. The molecule has 0 spiro atoms. The molecule has 9 nitrogen and oxygen atoms in total. The van der Waals surface area contributed by atoms with Gasteiger partial charge in [0.05, 0.1) is 42.3 Å². The lowest BCUT2D eigenvalue weighted by Crippen LogP contribution is -2.57. The van der Waals surface area contributed by atoms with Gasteiger partial charge in [-0.25, -0.2) is 0 Å². The van der Waals surface area contributed by atoms with Crippen LogP contribution >= 0.6 is 0 Å². The molecule has 0 bridgehead atoms. The molecule has 0 aromatic heterocycles. The van der Waals surface area contributed by atoms with Crippen LogP contribution in [0.3, 0.4) is 0 Å². The highest BCUT2D eigenvalue weighted by atomic mass is 16.6. The average Bonchev–Trinajstić information content (AvgIpc) is 2.72. The van der Waals surface area contributed by atoms with Gasteiger partial charge in [0.15, 0.2) is 5.78 Å². The van der Waals surface area contributed by atoms with E-state index in [2.05, 4.69) is 9.80 Å². The number of nitrogens with zero attached hydrogens (tertiary/aromatic N) is 3. The highest BCUT2D eigenvalue weighted by molar-refractivity contribution is 6.05. The van der Waals surface area contributed by atoms with E-state index in [9.17, 15) is 14.9 Å². The van der Waals surface area contributed by atoms with Gasteiger partial charge in [-0.2, -0.15) is 0 Å². The number of ether oxygens (including phenoxy) is 3. The summed E-state index contributed by atoms with van der Waals surface area (Å²) >= 11 is 0. The van der Waals surface area contributed by atoms with E-state index in [0.717, 1.165) is 26.2 Å². The fourth-order valence-electron chi connectivity index (χ4n) is 4.43. The van der Waals surface area contributed by atoms with Crippen molar-refractivity contribution in [3.8, 4) is 5.75 Å². The maximum absolute atomic E-state index is 13.8. The summed E-state index contributed by atoms with van der Waals surface area (Å²) in [6.45, 7) is 8.62. The summed E-state index contributed by atoms with van der Waals surface area (Å²) < 4.78 is 16.9. The number of nitro groups is 1. The first-order valence-corrected chi connectivity index (χ1v) is 10.1. The van der Waals surface area contributed by atoms with Crippen LogP contribution in [0.1, 0.15) is 15.9 Å². The van der Waals surface area contributed by atoms with Crippen molar-refractivity contribution < 1.29 is 23.9 Å². The number of fused-ring (bicyclic) bond motifs is 1. The van der Waals surface area contributed by atoms with Crippen LogP contribution in [0.5, 0.6) is 5.75 Å². The van der Waals surface area contributed by atoms with Crippen LogP contribution in [0.15, 0.2) is 12.1 Å². The van der Waals surface area contributed by atoms with Crippen LogP contribution in [0.2, 0.25) is 0 Å². The Bertz CT molecular complexity index is 767. The molecule has 0 atom stereocenters. The molecule has 9 heteroatoms. The second-order valence-electron chi connectivity index (χ2n) is 8.09. The second-order valence-corrected chi connectivity index (χ2v) is 8.09. The van der Waals surface area contributed by atoms with Crippen LogP contribution in [0.25, 0.3) is 0 Å². The number of hydrogen-bond acceptors (Lipinski definition) is 8. The largest absolute Gasteiger partial charge is 0.485 e. The van der Waals surface area contributed by atoms with Crippen molar-refractivity contribution >= 4 is 11.5 Å². The van der Waals surface area contributed by atoms with Crippen LogP contribution in [-0.2, 0) is 9.47 Å². The molecule has 3 aliphatic rings. The van der Waals surface area contributed by atoms with E-state index in [-0.39, 0.29) is 23.8 Å². The van der Waals surface area contributed by atoms with Gasteiger partial charge in [-0.05, 0) is 18.6 Å². The fourth-order valence-corrected chi connectivity index (χ4v) is 4.43. The molecule has 0 N–H and O–H groups in total. The molecular weight excluding hydrogens is 378 g/mol. The van der Waals surface area contributed by atoms with Gasteiger partial charge in [0, 0.05) is 45.3 Å². The van der Waals surface area contributed by atoms with Gasteiger partial charge in [-0.3, -0.25) is 24.7 Å². The van der Waals surface area contributed by atoms with E-state index in [1.54, 1.807) is 13.0 Å². The van der Waals surface area contributed by atoms with E-state index in [4.69, 9.17) is 14.2 Å². The number of Topliss-reactive ketones (excluding diaryl/α,β-unsaturated/α-hetero) is 1. The Morgan fingerprint density at radius 2 is 1.59 bits per heavy atom. The van der Waals surface area contributed by atoms with Gasteiger partial charge in [0.25, 0.3) is 0 Å². The number of carbonyl (C=O) groups excluding carboxylic acids is 1. The van der Waals surface area contributed by atoms with E-state index in [1.165, 1.54) is 6.07 Å². The first-order valence-electron chi connectivity index (χ1n) is 10.1. The number of morpholine rings is 2. The number of benzene rings is 1. The summed E-state index contributed by atoms with van der Waals surface area (Å²) in [7, 11) is 0. The van der Waals surface area contributed by atoms with Crippen LogP contribution < -0.4 is 4.74 Å². The third-order valence-electron chi connectivity index (χ3n) is 5.89. The van der Waals surface area contributed by atoms with Gasteiger partial charge < -0.3 is 14.2 Å². The number of aryl methyl sites for hydroxylation is 1.